The van der Waals surface area contributed by atoms with E-state index >= 15 is 0 Å². The Balaban J connectivity index is 1.94. The largest absolute Gasteiger partial charge is 0.388 e. The van der Waals surface area contributed by atoms with Crippen LogP contribution in [0.2, 0.25) is 0 Å². The van der Waals surface area contributed by atoms with E-state index in [1.807, 2.05) is 17.8 Å². The van der Waals surface area contributed by atoms with Crippen molar-refractivity contribution in [1.29, 1.82) is 0 Å². The molecule has 0 aromatic carbocycles. The normalized spacial score (nSPS) is 19.3. The third-order valence-electron chi connectivity index (χ3n) is 3.09. The van der Waals surface area contributed by atoms with Crippen molar-refractivity contribution >= 4 is 0 Å². The number of rotatable bonds is 4. The van der Waals surface area contributed by atoms with Gasteiger partial charge in [0, 0.05) is 18.3 Å². The second kappa shape index (κ2) is 4.13. The van der Waals surface area contributed by atoms with Crippen molar-refractivity contribution < 1.29 is 5.11 Å². The molecule has 1 heterocycles. The Morgan fingerprint density at radius 1 is 1.64 bits per heavy atom. The second-order valence-electron chi connectivity index (χ2n) is 4.22. The van der Waals surface area contributed by atoms with Crippen LogP contribution in [0.4, 0.5) is 0 Å². The summed E-state index contributed by atoms with van der Waals surface area (Å²) in [4.78, 5) is 0. The summed E-state index contributed by atoms with van der Waals surface area (Å²) in [7, 11) is 0. The van der Waals surface area contributed by atoms with Crippen LogP contribution >= 0.6 is 0 Å². The van der Waals surface area contributed by atoms with Crippen molar-refractivity contribution in [3.63, 3.8) is 0 Å². The molecule has 0 aliphatic heterocycles. The predicted molar refractivity (Wildman–Crippen MR) is 54.8 cm³/mol. The first kappa shape index (κ1) is 9.71. The molecule has 0 radical (unpaired) electrons. The first-order valence-corrected chi connectivity index (χ1v) is 5.50. The van der Waals surface area contributed by atoms with Crippen molar-refractivity contribution in [2.75, 3.05) is 0 Å². The fourth-order valence-electron chi connectivity index (χ4n) is 1.83. The van der Waals surface area contributed by atoms with Crippen molar-refractivity contribution in [2.24, 2.45) is 5.92 Å². The highest BCUT2D eigenvalue weighted by molar-refractivity contribution is 5.07. The monoisotopic (exact) mass is 194 g/mol. The van der Waals surface area contributed by atoms with E-state index < -0.39 is 0 Å². The number of aliphatic hydroxyl groups is 1. The topological polar surface area (TPSA) is 38.1 Å². The van der Waals surface area contributed by atoms with Crippen molar-refractivity contribution in [1.82, 2.24) is 9.78 Å². The van der Waals surface area contributed by atoms with Crippen LogP contribution in [0.25, 0.3) is 0 Å². The highest BCUT2D eigenvalue weighted by atomic mass is 16.3. The Morgan fingerprint density at radius 3 is 3.00 bits per heavy atom. The van der Waals surface area contributed by atoms with Crippen molar-refractivity contribution in [3.8, 4) is 0 Å². The van der Waals surface area contributed by atoms with Crippen LogP contribution in [0.5, 0.6) is 0 Å². The molecule has 1 aliphatic rings. The van der Waals surface area contributed by atoms with Gasteiger partial charge < -0.3 is 5.11 Å². The number of aliphatic hydroxyl groups excluding tert-OH is 1. The molecule has 1 saturated carbocycles. The molecule has 78 valence electrons. The highest BCUT2D eigenvalue weighted by Gasteiger charge is 2.18. The van der Waals surface area contributed by atoms with Gasteiger partial charge in [0.2, 0.25) is 0 Å². The third kappa shape index (κ3) is 1.98. The summed E-state index contributed by atoms with van der Waals surface area (Å²) in [5.41, 5.74) is 0.951. The van der Waals surface area contributed by atoms with Crippen LogP contribution in [-0.2, 0) is 6.54 Å². The third-order valence-corrected chi connectivity index (χ3v) is 3.09. The minimum absolute atomic E-state index is 0.342. The van der Waals surface area contributed by atoms with E-state index in [2.05, 4.69) is 5.10 Å². The molecular weight excluding hydrogens is 176 g/mol. The zero-order valence-electron chi connectivity index (χ0n) is 8.69. The first-order valence-electron chi connectivity index (χ1n) is 5.50. The molecule has 0 spiro atoms. The molecule has 3 heteroatoms. The predicted octanol–water partition coefficient (Wildman–Crippen LogP) is 2.13. The molecule has 2 rings (SSSR count). The van der Waals surface area contributed by atoms with Gasteiger partial charge in [0.05, 0.1) is 12.3 Å². The summed E-state index contributed by atoms with van der Waals surface area (Å²) in [5, 5.41) is 13.9. The molecule has 0 saturated heterocycles. The molecule has 1 N–H and O–H groups in total. The zero-order valence-corrected chi connectivity index (χ0v) is 8.69. The van der Waals surface area contributed by atoms with Gasteiger partial charge in [-0.2, -0.15) is 5.10 Å². The molecule has 1 unspecified atom stereocenters. The molecule has 1 fully saturated rings. The Kier molecular flexibility index (Phi) is 2.87. The van der Waals surface area contributed by atoms with Gasteiger partial charge in [0.15, 0.2) is 0 Å². The van der Waals surface area contributed by atoms with E-state index in [1.54, 1.807) is 6.20 Å². The molecule has 1 atom stereocenters. The smallest absolute Gasteiger partial charge is 0.0817 e. The summed E-state index contributed by atoms with van der Waals surface area (Å²) >= 11 is 0. The Hall–Kier alpha value is -0.830. The maximum atomic E-state index is 9.59. The maximum absolute atomic E-state index is 9.59. The Bertz CT molecular complexity index is 291. The summed E-state index contributed by atoms with van der Waals surface area (Å²) in [6, 6.07) is 0. The SMILES string of the molecule is CCC(O)c1cnn(CC2CCC2)c1. The van der Waals surface area contributed by atoms with Gasteiger partial charge >= 0.3 is 0 Å². The van der Waals surface area contributed by atoms with E-state index in [0.717, 1.165) is 24.4 Å². The van der Waals surface area contributed by atoms with Crippen LogP contribution in [0, 0.1) is 5.92 Å². The molecule has 0 amide bonds. The lowest BCUT2D eigenvalue weighted by Gasteiger charge is -2.24. The standard InChI is InChI=1S/C11H18N2O/c1-2-11(14)10-6-12-13(8-10)7-9-4-3-5-9/h6,8-9,11,14H,2-5,7H2,1H3. The Labute approximate surface area is 84.7 Å². The summed E-state index contributed by atoms with van der Waals surface area (Å²) in [6.45, 7) is 3.00. The minimum Gasteiger partial charge on any atom is -0.388 e. The summed E-state index contributed by atoms with van der Waals surface area (Å²) in [5.74, 6) is 0.821. The lowest BCUT2D eigenvalue weighted by atomic mass is 9.85. The van der Waals surface area contributed by atoms with E-state index in [4.69, 9.17) is 0 Å². The van der Waals surface area contributed by atoms with Crippen LogP contribution < -0.4 is 0 Å². The first-order chi connectivity index (χ1) is 6.79. The Morgan fingerprint density at radius 2 is 2.43 bits per heavy atom. The van der Waals surface area contributed by atoms with Gasteiger partial charge in [0.1, 0.15) is 0 Å². The molecule has 0 bridgehead atoms. The van der Waals surface area contributed by atoms with Crippen LogP contribution in [0.15, 0.2) is 12.4 Å². The maximum Gasteiger partial charge on any atom is 0.0817 e. The van der Waals surface area contributed by atoms with Gasteiger partial charge in [-0.3, -0.25) is 4.68 Å². The van der Waals surface area contributed by atoms with Gasteiger partial charge in [-0.1, -0.05) is 13.3 Å². The van der Waals surface area contributed by atoms with Gasteiger partial charge in [-0.15, -0.1) is 0 Å². The lowest BCUT2D eigenvalue weighted by molar-refractivity contribution is 0.173. The number of aromatic nitrogens is 2. The number of nitrogens with zero attached hydrogens (tertiary/aromatic N) is 2. The number of hydrogen-bond donors (Lipinski definition) is 1. The molecule has 3 nitrogen and oxygen atoms in total. The average Bonchev–Trinajstić information content (AvgIpc) is 2.58. The minimum atomic E-state index is -0.342. The van der Waals surface area contributed by atoms with Crippen LogP contribution in [-0.4, -0.2) is 14.9 Å². The fourth-order valence-corrected chi connectivity index (χ4v) is 1.83. The molecule has 1 aliphatic carbocycles. The lowest BCUT2D eigenvalue weighted by Crippen LogP contribution is -2.18. The van der Waals surface area contributed by atoms with Gasteiger partial charge in [-0.25, -0.2) is 0 Å². The molecule has 1 aromatic heterocycles. The fraction of sp³-hybridized carbons (Fsp3) is 0.727. The van der Waals surface area contributed by atoms with Crippen molar-refractivity contribution in [2.45, 2.75) is 45.3 Å². The van der Waals surface area contributed by atoms with E-state index in [9.17, 15) is 5.11 Å². The van der Waals surface area contributed by atoms with E-state index in [1.165, 1.54) is 19.3 Å². The molecular formula is C11H18N2O. The van der Waals surface area contributed by atoms with Gasteiger partial charge in [-0.05, 0) is 25.2 Å². The summed E-state index contributed by atoms with van der Waals surface area (Å²) in [6.07, 6.45) is 8.23. The quantitative estimate of drug-likeness (QED) is 0.797. The van der Waals surface area contributed by atoms with E-state index in [-0.39, 0.29) is 6.10 Å². The number of hydrogen-bond acceptors (Lipinski definition) is 2. The zero-order chi connectivity index (χ0) is 9.97. The summed E-state index contributed by atoms with van der Waals surface area (Å²) < 4.78 is 1.97. The van der Waals surface area contributed by atoms with E-state index in [0.29, 0.717) is 0 Å². The molecule has 1 aromatic rings. The van der Waals surface area contributed by atoms with Crippen molar-refractivity contribution in [3.05, 3.63) is 18.0 Å². The van der Waals surface area contributed by atoms with Gasteiger partial charge in [0.25, 0.3) is 0 Å². The second-order valence-corrected chi connectivity index (χ2v) is 4.22. The molecule has 14 heavy (non-hydrogen) atoms. The average molecular weight is 194 g/mol. The highest BCUT2D eigenvalue weighted by Crippen LogP contribution is 2.27. The van der Waals surface area contributed by atoms with Crippen LogP contribution in [0.1, 0.15) is 44.3 Å². The van der Waals surface area contributed by atoms with Crippen LogP contribution in [0.3, 0.4) is 0 Å².